The number of rotatable bonds is 7. The Morgan fingerprint density at radius 1 is 1.00 bits per heavy atom. The van der Waals surface area contributed by atoms with Crippen molar-refractivity contribution in [1.29, 1.82) is 5.26 Å². The maximum Gasteiger partial charge on any atom is 0.407 e. The van der Waals surface area contributed by atoms with E-state index in [1.807, 2.05) is 0 Å². The molecular formula is C13H22N4O4. The average molecular weight is 298 g/mol. The number of carbonyl (C=O) groups excluding carboxylic acids is 3. The van der Waals surface area contributed by atoms with Crippen molar-refractivity contribution < 1.29 is 19.1 Å². The molecule has 0 spiro atoms. The molecule has 8 nitrogen and oxygen atoms in total. The van der Waals surface area contributed by atoms with Gasteiger partial charge in [-0.25, -0.2) is 4.79 Å². The third-order valence-electron chi connectivity index (χ3n) is 2.03. The van der Waals surface area contributed by atoms with Crippen LogP contribution in [0.25, 0.3) is 0 Å². The van der Waals surface area contributed by atoms with Gasteiger partial charge in [-0.15, -0.1) is 0 Å². The summed E-state index contributed by atoms with van der Waals surface area (Å²) >= 11 is 0. The number of alkyl carbamates (subject to hydrolysis) is 1. The molecule has 0 saturated heterocycles. The molecule has 0 aromatic heterocycles. The SMILES string of the molecule is CC(C)(C)OC(=O)NCCC(=O)NCCNC(=O)CC#N. The molecule has 0 aliphatic carbocycles. The van der Waals surface area contributed by atoms with E-state index in [9.17, 15) is 14.4 Å². The van der Waals surface area contributed by atoms with Crippen LogP contribution in [-0.2, 0) is 14.3 Å². The van der Waals surface area contributed by atoms with E-state index in [0.717, 1.165) is 0 Å². The van der Waals surface area contributed by atoms with Crippen molar-refractivity contribution in [2.75, 3.05) is 19.6 Å². The summed E-state index contributed by atoms with van der Waals surface area (Å²) in [5.41, 5.74) is -0.575. The van der Waals surface area contributed by atoms with Crippen LogP contribution in [0.5, 0.6) is 0 Å². The van der Waals surface area contributed by atoms with E-state index in [2.05, 4.69) is 16.0 Å². The maximum absolute atomic E-state index is 11.4. The molecule has 0 fully saturated rings. The molecule has 0 unspecified atom stereocenters. The summed E-state index contributed by atoms with van der Waals surface area (Å²) in [5, 5.41) is 15.8. The lowest BCUT2D eigenvalue weighted by Gasteiger charge is -2.19. The molecule has 0 rings (SSSR count). The lowest BCUT2D eigenvalue weighted by atomic mass is 10.2. The molecule has 0 aromatic rings. The number of amides is 3. The number of carbonyl (C=O) groups is 3. The molecule has 118 valence electrons. The molecule has 0 radical (unpaired) electrons. The zero-order chi connectivity index (χ0) is 16.3. The predicted molar refractivity (Wildman–Crippen MR) is 75.1 cm³/mol. The third kappa shape index (κ3) is 12.5. The molecule has 8 heteroatoms. The Morgan fingerprint density at radius 2 is 1.57 bits per heavy atom. The van der Waals surface area contributed by atoms with Gasteiger partial charge in [-0.1, -0.05) is 0 Å². The normalized spacial score (nSPS) is 10.2. The van der Waals surface area contributed by atoms with Crippen LogP contribution in [-0.4, -0.2) is 43.1 Å². The number of nitriles is 1. The molecule has 0 aromatic carbocycles. The Balaban J connectivity index is 3.62. The van der Waals surface area contributed by atoms with E-state index in [-0.39, 0.29) is 44.3 Å². The van der Waals surface area contributed by atoms with Gasteiger partial charge < -0.3 is 20.7 Å². The smallest absolute Gasteiger partial charge is 0.407 e. The van der Waals surface area contributed by atoms with Crippen molar-refractivity contribution >= 4 is 17.9 Å². The Bertz CT molecular complexity index is 409. The Labute approximate surface area is 124 Å². The summed E-state index contributed by atoms with van der Waals surface area (Å²) < 4.78 is 5.01. The van der Waals surface area contributed by atoms with Crippen LogP contribution in [0, 0.1) is 11.3 Å². The van der Waals surface area contributed by atoms with Gasteiger partial charge in [-0.05, 0) is 20.8 Å². The van der Waals surface area contributed by atoms with Gasteiger partial charge >= 0.3 is 6.09 Å². The number of hydrogen-bond donors (Lipinski definition) is 3. The van der Waals surface area contributed by atoms with Gasteiger partial charge in [0.05, 0.1) is 6.07 Å². The minimum atomic E-state index is -0.575. The van der Waals surface area contributed by atoms with E-state index in [1.54, 1.807) is 26.8 Å². The van der Waals surface area contributed by atoms with E-state index in [0.29, 0.717) is 0 Å². The first-order valence-electron chi connectivity index (χ1n) is 6.62. The highest BCUT2D eigenvalue weighted by molar-refractivity contribution is 5.78. The average Bonchev–Trinajstić information content (AvgIpc) is 2.32. The van der Waals surface area contributed by atoms with Crippen molar-refractivity contribution in [3.8, 4) is 6.07 Å². The van der Waals surface area contributed by atoms with Crippen molar-refractivity contribution in [2.45, 2.75) is 39.2 Å². The fourth-order valence-corrected chi connectivity index (χ4v) is 1.22. The van der Waals surface area contributed by atoms with Crippen LogP contribution in [0.3, 0.4) is 0 Å². The van der Waals surface area contributed by atoms with Gasteiger partial charge in [0.1, 0.15) is 12.0 Å². The molecular weight excluding hydrogens is 276 g/mol. The van der Waals surface area contributed by atoms with Gasteiger partial charge in [0.15, 0.2) is 0 Å². The van der Waals surface area contributed by atoms with Gasteiger partial charge in [0, 0.05) is 26.1 Å². The maximum atomic E-state index is 11.4. The first-order chi connectivity index (χ1) is 9.74. The fourth-order valence-electron chi connectivity index (χ4n) is 1.22. The van der Waals surface area contributed by atoms with E-state index in [1.165, 1.54) is 0 Å². The summed E-state index contributed by atoms with van der Waals surface area (Å²) in [6.45, 7) is 5.94. The molecule has 21 heavy (non-hydrogen) atoms. The predicted octanol–water partition coefficient (Wildman–Crippen LogP) is 0.0473. The number of hydrogen-bond acceptors (Lipinski definition) is 5. The third-order valence-corrected chi connectivity index (χ3v) is 2.03. The highest BCUT2D eigenvalue weighted by Gasteiger charge is 2.15. The molecule has 0 aliphatic rings. The largest absolute Gasteiger partial charge is 0.444 e. The highest BCUT2D eigenvalue weighted by atomic mass is 16.6. The number of nitrogens with one attached hydrogen (secondary N) is 3. The summed E-state index contributed by atoms with van der Waals surface area (Å²) in [6, 6.07) is 1.72. The molecule has 0 saturated carbocycles. The van der Waals surface area contributed by atoms with E-state index < -0.39 is 11.7 Å². The van der Waals surface area contributed by atoms with Gasteiger partial charge in [-0.2, -0.15) is 5.26 Å². The summed E-state index contributed by atoms with van der Waals surface area (Å²) in [6.07, 6.45) is -0.654. The van der Waals surface area contributed by atoms with Crippen molar-refractivity contribution in [3.05, 3.63) is 0 Å². The quantitative estimate of drug-likeness (QED) is 0.573. The molecule has 0 bridgehead atoms. The first-order valence-corrected chi connectivity index (χ1v) is 6.62. The fraction of sp³-hybridized carbons (Fsp3) is 0.692. The molecule has 3 N–H and O–H groups in total. The summed E-state index contributed by atoms with van der Waals surface area (Å²) in [5.74, 6) is -0.626. The minimum absolute atomic E-state index is 0.116. The second kappa shape index (κ2) is 9.58. The van der Waals surface area contributed by atoms with Crippen molar-refractivity contribution in [1.82, 2.24) is 16.0 Å². The topological polar surface area (TPSA) is 120 Å². The number of ether oxygens (including phenoxy) is 1. The lowest BCUT2D eigenvalue weighted by Crippen LogP contribution is -2.37. The number of nitrogens with zero attached hydrogens (tertiary/aromatic N) is 1. The van der Waals surface area contributed by atoms with Crippen LogP contribution >= 0.6 is 0 Å². The second-order valence-electron chi connectivity index (χ2n) is 5.21. The van der Waals surface area contributed by atoms with Crippen LogP contribution in [0.2, 0.25) is 0 Å². The zero-order valence-electron chi connectivity index (χ0n) is 12.6. The van der Waals surface area contributed by atoms with E-state index in [4.69, 9.17) is 10.00 Å². The van der Waals surface area contributed by atoms with Crippen molar-refractivity contribution in [2.24, 2.45) is 0 Å². The Hall–Kier alpha value is -2.30. The summed E-state index contributed by atoms with van der Waals surface area (Å²) in [4.78, 5) is 33.7. The van der Waals surface area contributed by atoms with Gasteiger partial charge in [-0.3, -0.25) is 9.59 Å². The van der Waals surface area contributed by atoms with Crippen LogP contribution in [0.4, 0.5) is 4.79 Å². The van der Waals surface area contributed by atoms with Gasteiger partial charge in [0.25, 0.3) is 0 Å². The zero-order valence-corrected chi connectivity index (χ0v) is 12.6. The Morgan fingerprint density at radius 3 is 2.10 bits per heavy atom. The minimum Gasteiger partial charge on any atom is -0.444 e. The lowest BCUT2D eigenvalue weighted by molar-refractivity contribution is -0.122. The van der Waals surface area contributed by atoms with Crippen LogP contribution in [0.15, 0.2) is 0 Å². The van der Waals surface area contributed by atoms with Crippen LogP contribution in [0.1, 0.15) is 33.6 Å². The van der Waals surface area contributed by atoms with Crippen LogP contribution < -0.4 is 16.0 Å². The molecule has 0 heterocycles. The van der Waals surface area contributed by atoms with E-state index >= 15 is 0 Å². The molecule has 0 aliphatic heterocycles. The second-order valence-corrected chi connectivity index (χ2v) is 5.21. The molecule has 3 amide bonds. The van der Waals surface area contributed by atoms with Crippen molar-refractivity contribution in [3.63, 3.8) is 0 Å². The molecule has 0 atom stereocenters. The first kappa shape index (κ1) is 18.7. The Kier molecular flexibility index (Phi) is 8.53. The van der Waals surface area contributed by atoms with Gasteiger partial charge in [0.2, 0.25) is 11.8 Å². The monoisotopic (exact) mass is 298 g/mol. The summed E-state index contributed by atoms with van der Waals surface area (Å²) in [7, 11) is 0. The standard InChI is InChI=1S/C13H22N4O4/c1-13(2,3)21-12(20)17-7-5-11(19)16-9-8-15-10(18)4-6-14/h4-5,7-9H2,1-3H3,(H,15,18)(H,16,19)(H,17,20). The highest BCUT2D eigenvalue weighted by Crippen LogP contribution is 2.06.